The molecule has 0 unspecified atom stereocenters. The summed E-state index contributed by atoms with van der Waals surface area (Å²) in [6, 6.07) is 15.3. The highest BCUT2D eigenvalue weighted by Gasteiger charge is 2.26. The molecule has 0 saturated heterocycles. The number of hydrogen-bond acceptors (Lipinski definition) is 4. The first-order chi connectivity index (χ1) is 16.4. The highest BCUT2D eigenvalue weighted by molar-refractivity contribution is 6.12. The van der Waals surface area contributed by atoms with Gasteiger partial charge in [-0.1, -0.05) is 12.1 Å². The van der Waals surface area contributed by atoms with E-state index >= 15 is 4.39 Å². The maximum Gasteiger partial charge on any atom is 0.254 e. The Kier molecular flexibility index (Phi) is 5.61. The van der Waals surface area contributed by atoms with Gasteiger partial charge in [-0.2, -0.15) is 0 Å². The summed E-state index contributed by atoms with van der Waals surface area (Å²) >= 11 is 0. The van der Waals surface area contributed by atoms with Crippen LogP contribution in [0.1, 0.15) is 60.6 Å². The van der Waals surface area contributed by atoms with E-state index in [-0.39, 0.29) is 29.0 Å². The first-order valence-electron chi connectivity index (χ1n) is 11.3. The van der Waals surface area contributed by atoms with Gasteiger partial charge in [-0.3, -0.25) is 14.4 Å². The molecule has 1 fully saturated rings. The van der Waals surface area contributed by atoms with Crippen molar-refractivity contribution in [3.63, 3.8) is 0 Å². The van der Waals surface area contributed by atoms with E-state index in [0.717, 1.165) is 24.0 Å². The molecule has 2 amide bonds. The van der Waals surface area contributed by atoms with Crippen molar-refractivity contribution in [2.75, 3.05) is 12.4 Å². The smallest absolute Gasteiger partial charge is 0.254 e. The van der Waals surface area contributed by atoms with Crippen LogP contribution >= 0.6 is 0 Å². The number of halogens is 1. The maximum absolute atomic E-state index is 15.0. The second kappa shape index (κ2) is 8.74. The van der Waals surface area contributed by atoms with Gasteiger partial charge in [0.1, 0.15) is 0 Å². The van der Waals surface area contributed by atoms with Crippen LogP contribution in [0.4, 0.5) is 15.8 Å². The van der Waals surface area contributed by atoms with Gasteiger partial charge < -0.3 is 16.0 Å². The van der Waals surface area contributed by atoms with Gasteiger partial charge in [0.2, 0.25) is 0 Å². The molecule has 0 aromatic heterocycles. The van der Waals surface area contributed by atoms with Crippen molar-refractivity contribution < 1.29 is 18.8 Å². The standard InChI is InChI=1S/C27H24FN3O3/c1-29-26(33)17-8-6-15-5-7-16-13-19(11-12-20(16)25(32)22(15)14-17)30-23-4-2-3-21(24(23)28)27(34)31-18-9-10-18/h2-4,6,8,11-14,18,30H,5,7,9-10H2,1H3,(H,29,33)(H,31,34). The van der Waals surface area contributed by atoms with Gasteiger partial charge in [-0.05, 0) is 79.3 Å². The lowest BCUT2D eigenvalue weighted by Gasteiger charge is -2.13. The zero-order chi connectivity index (χ0) is 23.8. The number of benzene rings is 3. The number of carbonyl (C=O) groups excluding carboxylic acids is 3. The summed E-state index contributed by atoms with van der Waals surface area (Å²) in [4.78, 5) is 37.6. The summed E-state index contributed by atoms with van der Waals surface area (Å²) in [6.45, 7) is 0. The Labute approximate surface area is 196 Å². The molecule has 0 atom stereocenters. The number of anilines is 2. The Hall–Kier alpha value is -4.00. The van der Waals surface area contributed by atoms with Crippen molar-refractivity contribution in [3.05, 3.63) is 93.8 Å². The number of fused-ring (bicyclic) bond motifs is 2. The summed E-state index contributed by atoms with van der Waals surface area (Å²) < 4.78 is 15.0. The Balaban J connectivity index is 1.41. The van der Waals surface area contributed by atoms with Crippen molar-refractivity contribution in [2.45, 2.75) is 31.7 Å². The minimum absolute atomic E-state index is 0.00390. The molecule has 0 radical (unpaired) electrons. The van der Waals surface area contributed by atoms with Crippen LogP contribution in [0.3, 0.4) is 0 Å². The van der Waals surface area contributed by atoms with E-state index in [9.17, 15) is 14.4 Å². The summed E-state index contributed by atoms with van der Waals surface area (Å²) in [5.41, 5.74) is 4.10. The minimum atomic E-state index is -0.610. The molecule has 0 bridgehead atoms. The van der Waals surface area contributed by atoms with Crippen molar-refractivity contribution in [2.24, 2.45) is 0 Å². The molecular weight excluding hydrogens is 433 g/mol. The van der Waals surface area contributed by atoms with Gasteiger partial charge in [0.25, 0.3) is 11.8 Å². The second-order valence-electron chi connectivity index (χ2n) is 8.69. The number of nitrogens with one attached hydrogen (secondary N) is 3. The Bertz CT molecular complexity index is 1330. The van der Waals surface area contributed by atoms with Crippen LogP contribution in [-0.4, -0.2) is 30.7 Å². The van der Waals surface area contributed by atoms with Crippen LogP contribution in [0.25, 0.3) is 0 Å². The van der Waals surface area contributed by atoms with Crippen LogP contribution in [0, 0.1) is 5.82 Å². The molecule has 34 heavy (non-hydrogen) atoms. The fraction of sp³-hybridized carbons (Fsp3) is 0.222. The molecule has 1 saturated carbocycles. The molecule has 3 N–H and O–H groups in total. The summed E-state index contributed by atoms with van der Waals surface area (Å²) in [5.74, 6) is -1.40. The van der Waals surface area contributed by atoms with Gasteiger partial charge >= 0.3 is 0 Å². The second-order valence-corrected chi connectivity index (χ2v) is 8.69. The quantitative estimate of drug-likeness (QED) is 0.537. The first-order valence-corrected chi connectivity index (χ1v) is 11.3. The Morgan fingerprint density at radius 2 is 1.71 bits per heavy atom. The lowest BCUT2D eigenvalue weighted by Crippen LogP contribution is -2.26. The largest absolute Gasteiger partial charge is 0.355 e. The van der Waals surface area contributed by atoms with Crippen LogP contribution in [0.15, 0.2) is 54.6 Å². The molecule has 3 aromatic carbocycles. The van der Waals surface area contributed by atoms with E-state index < -0.39 is 11.7 Å². The van der Waals surface area contributed by atoms with Crippen molar-refractivity contribution in [1.82, 2.24) is 10.6 Å². The average Bonchev–Trinajstić information content (AvgIpc) is 3.67. The zero-order valence-corrected chi connectivity index (χ0v) is 18.7. The van der Waals surface area contributed by atoms with Crippen LogP contribution in [0.5, 0.6) is 0 Å². The van der Waals surface area contributed by atoms with Gasteiger partial charge in [0, 0.05) is 35.5 Å². The first kappa shape index (κ1) is 21.8. The fourth-order valence-electron chi connectivity index (χ4n) is 4.26. The van der Waals surface area contributed by atoms with Crippen LogP contribution in [0.2, 0.25) is 0 Å². The summed E-state index contributed by atoms with van der Waals surface area (Å²) in [7, 11) is 1.55. The topological polar surface area (TPSA) is 87.3 Å². The number of carbonyl (C=O) groups is 3. The number of ketones is 1. The molecule has 5 rings (SSSR count). The van der Waals surface area contributed by atoms with Crippen molar-refractivity contribution in [1.29, 1.82) is 0 Å². The van der Waals surface area contributed by atoms with Gasteiger partial charge in [-0.15, -0.1) is 0 Å². The number of amides is 2. The van der Waals surface area contributed by atoms with Crippen molar-refractivity contribution in [3.8, 4) is 0 Å². The zero-order valence-electron chi connectivity index (χ0n) is 18.7. The lowest BCUT2D eigenvalue weighted by atomic mass is 9.96. The molecule has 7 heteroatoms. The van der Waals surface area contributed by atoms with E-state index in [0.29, 0.717) is 35.2 Å². The number of aryl methyl sites for hydroxylation is 2. The number of rotatable bonds is 5. The molecule has 0 spiro atoms. The predicted octanol–water partition coefficient (Wildman–Crippen LogP) is 4.15. The highest BCUT2D eigenvalue weighted by atomic mass is 19.1. The Morgan fingerprint density at radius 1 is 0.912 bits per heavy atom. The molecule has 2 aliphatic carbocycles. The SMILES string of the molecule is CNC(=O)c1ccc2c(c1)C(=O)c1ccc(Nc3cccc(C(=O)NC4CC4)c3F)cc1CC2. The highest BCUT2D eigenvalue weighted by Crippen LogP contribution is 2.30. The van der Waals surface area contributed by atoms with Gasteiger partial charge in [-0.25, -0.2) is 4.39 Å². The monoisotopic (exact) mass is 457 g/mol. The molecule has 0 aliphatic heterocycles. The average molecular weight is 458 g/mol. The molecule has 6 nitrogen and oxygen atoms in total. The third kappa shape index (κ3) is 4.17. The van der Waals surface area contributed by atoms with E-state index in [1.807, 2.05) is 12.1 Å². The van der Waals surface area contributed by atoms with Gasteiger partial charge in [0.15, 0.2) is 11.6 Å². The minimum Gasteiger partial charge on any atom is -0.355 e. The van der Waals surface area contributed by atoms with E-state index in [1.165, 1.54) is 6.07 Å². The summed E-state index contributed by atoms with van der Waals surface area (Å²) in [5, 5.41) is 8.45. The lowest BCUT2D eigenvalue weighted by molar-refractivity contribution is 0.0943. The maximum atomic E-state index is 15.0. The normalized spacial score (nSPS) is 14.5. The predicted molar refractivity (Wildman–Crippen MR) is 127 cm³/mol. The molecule has 172 valence electrons. The van der Waals surface area contributed by atoms with E-state index in [2.05, 4.69) is 16.0 Å². The molecule has 3 aromatic rings. The summed E-state index contributed by atoms with van der Waals surface area (Å²) in [6.07, 6.45) is 3.14. The molecular formula is C27H24FN3O3. The van der Waals surface area contributed by atoms with Crippen molar-refractivity contribution >= 4 is 29.0 Å². The molecule has 2 aliphatic rings. The van der Waals surface area contributed by atoms with Gasteiger partial charge in [0.05, 0.1) is 11.3 Å². The fourth-order valence-corrected chi connectivity index (χ4v) is 4.26. The number of hydrogen-bond donors (Lipinski definition) is 3. The third-order valence-corrected chi connectivity index (χ3v) is 6.29. The van der Waals surface area contributed by atoms with E-state index in [1.54, 1.807) is 43.4 Å². The van der Waals surface area contributed by atoms with Crippen LogP contribution < -0.4 is 16.0 Å². The Morgan fingerprint density at radius 3 is 2.47 bits per heavy atom. The van der Waals surface area contributed by atoms with E-state index in [4.69, 9.17) is 0 Å². The third-order valence-electron chi connectivity index (χ3n) is 6.29. The van der Waals surface area contributed by atoms with Crippen LogP contribution in [-0.2, 0) is 12.8 Å². The molecule has 0 heterocycles.